The fourth-order valence-electron chi connectivity index (χ4n) is 2.42. The molecule has 80 valence electrons. The fraction of sp³-hybridized carbons (Fsp3) is 0.214. The van der Waals surface area contributed by atoms with Gasteiger partial charge in [0.05, 0.1) is 0 Å². The third-order valence-corrected chi connectivity index (χ3v) is 3.36. The average Bonchev–Trinajstić information content (AvgIpc) is 2.88. The monoisotopic (exact) mass is 210 g/mol. The summed E-state index contributed by atoms with van der Waals surface area (Å²) in [4.78, 5) is 7.52. The van der Waals surface area contributed by atoms with Crippen LogP contribution in [0.5, 0.6) is 0 Å². The van der Waals surface area contributed by atoms with E-state index in [0.29, 0.717) is 5.92 Å². The normalized spacial score (nSPS) is 18.4. The molecule has 0 aliphatic heterocycles. The summed E-state index contributed by atoms with van der Waals surface area (Å²) in [7, 11) is 0. The number of fused-ring (bicyclic) bond motifs is 1. The lowest BCUT2D eigenvalue weighted by Crippen LogP contribution is -1.95. The molecule has 2 aromatic rings. The molecule has 1 heterocycles. The number of aromatic nitrogens is 2. The van der Waals surface area contributed by atoms with Crippen LogP contribution in [0, 0.1) is 6.92 Å². The molecule has 1 N–H and O–H groups in total. The van der Waals surface area contributed by atoms with Crippen molar-refractivity contribution < 1.29 is 0 Å². The Kier molecular flexibility index (Phi) is 1.96. The first kappa shape index (κ1) is 9.40. The molecule has 0 spiro atoms. The lowest BCUT2D eigenvalue weighted by Gasteiger charge is -2.09. The highest BCUT2D eigenvalue weighted by Crippen LogP contribution is 2.41. The number of aromatic amines is 1. The summed E-state index contributed by atoms with van der Waals surface area (Å²) < 4.78 is 0. The van der Waals surface area contributed by atoms with Gasteiger partial charge >= 0.3 is 0 Å². The van der Waals surface area contributed by atoms with E-state index in [1.54, 1.807) is 6.20 Å². The summed E-state index contributed by atoms with van der Waals surface area (Å²) in [5.41, 5.74) is 5.40. The zero-order valence-electron chi connectivity index (χ0n) is 9.49. The number of allylic oxidation sites excluding steroid dienone is 1. The first-order valence-electron chi connectivity index (χ1n) is 5.58. The Morgan fingerprint density at radius 1 is 1.31 bits per heavy atom. The van der Waals surface area contributed by atoms with Crippen molar-refractivity contribution in [3.05, 3.63) is 53.1 Å². The third-order valence-electron chi connectivity index (χ3n) is 3.36. The second-order valence-corrected chi connectivity index (χ2v) is 4.34. The maximum Gasteiger partial charge on any atom is 0.133 e. The molecule has 0 radical (unpaired) electrons. The Morgan fingerprint density at radius 3 is 2.88 bits per heavy atom. The number of nitrogens with zero attached hydrogens (tertiary/aromatic N) is 1. The van der Waals surface area contributed by atoms with Gasteiger partial charge in [-0.3, -0.25) is 0 Å². The summed E-state index contributed by atoms with van der Waals surface area (Å²) in [6.07, 6.45) is 5.94. The van der Waals surface area contributed by atoms with E-state index >= 15 is 0 Å². The van der Waals surface area contributed by atoms with Gasteiger partial charge < -0.3 is 4.98 Å². The maximum atomic E-state index is 4.34. The van der Waals surface area contributed by atoms with Gasteiger partial charge in [0.2, 0.25) is 0 Å². The highest BCUT2D eigenvalue weighted by molar-refractivity contribution is 5.90. The van der Waals surface area contributed by atoms with Gasteiger partial charge in [0.25, 0.3) is 0 Å². The van der Waals surface area contributed by atoms with E-state index in [9.17, 15) is 0 Å². The SMILES string of the molecule is Cc1cccc2c1C=C(c1ncc[nH]1)[C@H]2C. The number of H-pyrrole nitrogens is 1. The fourth-order valence-corrected chi connectivity index (χ4v) is 2.42. The van der Waals surface area contributed by atoms with Crippen LogP contribution in [-0.4, -0.2) is 9.97 Å². The van der Waals surface area contributed by atoms with Gasteiger partial charge in [0, 0.05) is 23.9 Å². The molecule has 1 aliphatic rings. The Morgan fingerprint density at radius 2 is 2.19 bits per heavy atom. The first-order chi connectivity index (χ1) is 7.77. The molecule has 1 aromatic carbocycles. The van der Waals surface area contributed by atoms with E-state index in [2.05, 4.69) is 48.1 Å². The van der Waals surface area contributed by atoms with E-state index in [1.165, 1.54) is 22.3 Å². The minimum Gasteiger partial charge on any atom is -0.345 e. The molecule has 0 bridgehead atoms. The van der Waals surface area contributed by atoms with Gasteiger partial charge in [0.1, 0.15) is 5.82 Å². The van der Waals surface area contributed by atoms with Crippen LogP contribution in [0.3, 0.4) is 0 Å². The number of hydrogen-bond acceptors (Lipinski definition) is 1. The molecule has 1 aromatic heterocycles. The van der Waals surface area contributed by atoms with E-state index in [1.807, 2.05) is 6.20 Å². The van der Waals surface area contributed by atoms with Crippen LogP contribution in [0.1, 0.15) is 35.4 Å². The standard InChI is InChI=1S/C14H14N2/c1-9-4-3-5-11-10(2)13(8-12(9)11)14-15-6-7-16-14/h3-8,10H,1-2H3,(H,15,16)/t10-/m0/s1. The number of aryl methyl sites for hydroxylation is 1. The highest BCUT2D eigenvalue weighted by atomic mass is 14.9. The van der Waals surface area contributed by atoms with Crippen molar-refractivity contribution in [1.29, 1.82) is 0 Å². The Bertz CT molecular complexity index is 550. The van der Waals surface area contributed by atoms with Crippen LogP contribution in [-0.2, 0) is 0 Å². The van der Waals surface area contributed by atoms with Gasteiger partial charge in [-0.1, -0.05) is 25.1 Å². The van der Waals surface area contributed by atoms with Crippen LogP contribution in [0.4, 0.5) is 0 Å². The molecule has 2 heteroatoms. The second-order valence-electron chi connectivity index (χ2n) is 4.34. The molecule has 1 atom stereocenters. The quantitative estimate of drug-likeness (QED) is 0.768. The summed E-state index contributed by atoms with van der Waals surface area (Å²) >= 11 is 0. The summed E-state index contributed by atoms with van der Waals surface area (Å²) in [6.45, 7) is 4.40. The van der Waals surface area contributed by atoms with E-state index in [4.69, 9.17) is 0 Å². The highest BCUT2D eigenvalue weighted by Gasteiger charge is 2.24. The van der Waals surface area contributed by atoms with Crippen molar-refractivity contribution in [1.82, 2.24) is 9.97 Å². The first-order valence-corrected chi connectivity index (χ1v) is 5.58. The minimum atomic E-state index is 0.432. The molecule has 0 amide bonds. The van der Waals surface area contributed by atoms with Crippen LogP contribution < -0.4 is 0 Å². The van der Waals surface area contributed by atoms with Crippen molar-refractivity contribution in [3.8, 4) is 0 Å². The molecule has 0 fully saturated rings. The third kappa shape index (κ3) is 1.23. The van der Waals surface area contributed by atoms with Gasteiger partial charge in [0.15, 0.2) is 0 Å². The summed E-state index contributed by atoms with van der Waals surface area (Å²) in [6, 6.07) is 6.50. The van der Waals surface area contributed by atoms with E-state index in [-0.39, 0.29) is 0 Å². The number of hydrogen-bond donors (Lipinski definition) is 1. The van der Waals surface area contributed by atoms with Crippen molar-refractivity contribution in [2.75, 3.05) is 0 Å². The Hall–Kier alpha value is -1.83. The molecular formula is C14H14N2. The zero-order chi connectivity index (χ0) is 11.1. The van der Waals surface area contributed by atoms with Crippen LogP contribution >= 0.6 is 0 Å². The van der Waals surface area contributed by atoms with Gasteiger partial charge in [-0.15, -0.1) is 0 Å². The maximum absolute atomic E-state index is 4.34. The summed E-state index contributed by atoms with van der Waals surface area (Å²) in [5.74, 6) is 1.42. The zero-order valence-corrected chi connectivity index (χ0v) is 9.49. The Labute approximate surface area is 95.0 Å². The van der Waals surface area contributed by atoms with Crippen molar-refractivity contribution in [2.24, 2.45) is 0 Å². The lowest BCUT2D eigenvalue weighted by atomic mass is 9.96. The van der Waals surface area contributed by atoms with Crippen LogP contribution in [0.15, 0.2) is 30.6 Å². The number of nitrogens with one attached hydrogen (secondary N) is 1. The van der Waals surface area contributed by atoms with Crippen molar-refractivity contribution in [3.63, 3.8) is 0 Å². The molecule has 1 aliphatic carbocycles. The van der Waals surface area contributed by atoms with Gasteiger partial charge in [-0.2, -0.15) is 0 Å². The number of imidazole rings is 1. The van der Waals surface area contributed by atoms with Crippen molar-refractivity contribution in [2.45, 2.75) is 19.8 Å². The smallest absolute Gasteiger partial charge is 0.133 e. The molecular weight excluding hydrogens is 196 g/mol. The van der Waals surface area contributed by atoms with Crippen LogP contribution in [0.25, 0.3) is 11.6 Å². The minimum absolute atomic E-state index is 0.432. The van der Waals surface area contributed by atoms with Crippen molar-refractivity contribution >= 4 is 11.6 Å². The lowest BCUT2D eigenvalue weighted by molar-refractivity contribution is 0.984. The van der Waals surface area contributed by atoms with Gasteiger partial charge in [-0.05, 0) is 29.7 Å². The molecule has 3 rings (SSSR count). The molecule has 0 saturated heterocycles. The summed E-state index contributed by atoms with van der Waals surface area (Å²) in [5, 5.41) is 0. The van der Waals surface area contributed by atoms with E-state index < -0.39 is 0 Å². The van der Waals surface area contributed by atoms with Crippen LogP contribution in [0.2, 0.25) is 0 Å². The average molecular weight is 210 g/mol. The van der Waals surface area contributed by atoms with Gasteiger partial charge in [-0.25, -0.2) is 4.98 Å². The largest absolute Gasteiger partial charge is 0.345 e. The number of rotatable bonds is 1. The molecule has 0 saturated carbocycles. The molecule has 2 nitrogen and oxygen atoms in total. The molecule has 0 unspecified atom stereocenters. The predicted molar refractivity (Wildman–Crippen MR) is 66.1 cm³/mol. The van der Waals surface area contributed by atoms with E-state index in [0.717, 1.165) is 5.82 Å². The predicted octanol–water partition coefficient (Wildman–Crippen LogP) is 3.38. The number of benzene rings is 1. The Balaban J connectivity index is 2.15. The topological polar surface area (TPSA) is 28.7 Å². The second kappa shape index (κ2) is 3.34. The molecule has 16 heavy (non-hydrogen) atoms.